The minimum absolute atomic E-state index is 0.0693. The lowest BCUT2D eigenvalue weighted by atomic mass is 10.1. The summed E-state index contributed by atoms with van der Waals surface area (Å²) in [5, 5.41) is 9.06. The van der Waals surface area contributed by atoms with Gasteiger partial charge < -0.3 is 9.64 Å². The molecule has 0 N–H and O–H groups in total. The lowest BCUT2D eigenvalue weighted by Crippen LogP contribution is -2.24. The van der Waals surface area contributed by atoms with Crippen LogP contribution in [-0.2, 0) is 4.74 Å². The number of allylic oxidation sites excluding steroid dienone is 6. The number of anilines is 1. The second-order valence-electron chi connectivity index (χ2n) is 6.34. The quantitative estimate of drug-likeness (QED) is 0.453. The first-order chi connectivity index (χ1) is 13.1. The van der Waals surface area contributed by atoms with E-state index in [9.17, 15) is 0 Å². The molecule has 1 aromatic carbocycles. The second kappa shape index (κ2) is 10.0. The molecule has 1 aliphatic heterocycles. The Bertz CT molecular complexity index is 836. The highest BCUT2D eigenvalue weighted by Crippen LogP contribution is 2.24. The van der Waals surface area contributed by atoms with E-state index in [0.717, 1.165) is 31.5 Å². The largest absolute Gasteiger partial charge is 0.462 e. The first kappa shape index (κ1) is 20.1. The van der Waals surface area contributed by atoms with E-state index < -0.39 is 0 Å². The second-order valence-corrected chi connectivity index (χ2v) is 6.34. The number of rotatable bonds is 7. The molecule has 4 nitrogen and oxygen atoms in total. The van der Waals surface area contributed by atoms with Gasteiger partial charge >= 0.3 is 0 Å². The normalized spacial score (nSPS) is 15.3. The Morgan fingerprint density at radius 1 is 1.15 bits per heavy atom. The molecule has 1 aromatic rings. The van der Waals surface area contributed by atoms with Gasteiger partial charge in [0.05, 0.1) is 12.6 Å². The lowest BCUT2D eigenvalue weighted by Gasteiger charge is -2.23. The molecule has 0 aromatic heterocycles. The van der Waals surface area contributed by atoms with Gasteiger partial charge in [0.15, 0.2) is 0 Å². The topological polar surface area (TPSA) is 40.6 Å². The third kappa shape index (κ3) is 5.62. The van der Waals surface area contributed by atoms with Crippen molar-refractivity contribution in [2.75, 3.05) is 18.0 Å². The van der Waals surface area contributed by atoms with Crippen molar-refractivity contribution in [3.63, 3.8) is 0 Å². The summed E-state index contributed by atoms with van der Waals surface area (Å²) in [7, 11) is 0. The fourth-order valence-electron chi connectivity index (χ4n) is 2.92. The number of hydrogen-bond acceptors (Lipinski definition) is 3. The summed E-state index contributed by atoms with van der Waals surface area (Å²) in [4.78, 5) is 5.67. The zero-order valence-corrected chi connectivity index (χ0v) is 16.2. The number of ether oxygens (including phenoxy) is 1. The number of nitrogens with zero attached hydrogens (tertiary/aromatic N) is 3. The molecule has 0 unspecified atom stereocenters. The maximum absolute atomic E-state index is 9.06. The molecule has 0 radical (unpaired) electrons. The van der Waals surface area contributed by atoms with Gasteiger partial charge in [0.2, 0.25) is 0 Å². The van der Waals surface area contributed by atoms with E-state index in [1.54, 1.807) is 12.2 Å². The Morgan fingerprint density at radius 3 is 2.37 bits per heavy atom. The summed E-state index contributed by atoms with van der Waals surface area (Å²) < 4.78 is 5.68. The zero-order chi connectivity index (χ0) is 19.6. The van der Waals surface area contributed by atoms with Crippen molar-refractivity contribution in [1.82, 2.24) is 0 Å². The maximum Gasteiger partial charge on any atom is 0.269 e. The monoisotopic (exact) mass is 359 g/mol. The van der Waals surface area contributed by atoms with Crippen molar-refractivity contribution in [2.45, 2.75) is 33.6 Å². The summed E-state index contributed by atoms with van der Waals surface area (Å²) in [5.41, 5.74) is 2.96. The third-order valence-corrected chi connectivity index (χ3v) is 4.11. The van der Waals surface area contributed by atoms with Crippen LogP contribution in [0.3, 0.4) is 0 Å². The summed E-state index contributed by atoms with van der Waals surface area (Å²) in [6.07, 6.45) is 9.52. The van der Waals surface area contributed by atoms with Crippen LogP contribution < -0.4 is 4.90 Å². The van der Waals surface area contributed by atoms with E-state index in [1.165, 1.54) is 5.69 Å². The molecule has 0 bridgehead atoms. The first-order valence-electron chi connectivity index (χ1n) is 9.24. The predicted molar refractivity (Wildman–Crippen MR) is 110 cm³/mol. The molecule has 138 valence electrons. The molecule has 0 fully saturated rings. The molecule has 0 aliphatic carbocycles. The van der Waals surface area contributed by atoms with Crippen molar-refractivity contribution in [2.24, 2.45) is 0 Å². The Balaban J connectivity index is 2.17. The highest BCUT2D eigenvalue weighted by atomic mass is 16.5. The molecule has 1 heterocycles. The van der Waals surface area contributed by atoms with Gasteiger partial charge in [-0.3, -0.25) is 0 Å². The molecular weight excluding hydrogens is 334 g/mol. The van der Waals surface area contributed by atoms with E-state index in [2.05, 4.69) is 47.9 Å². The van der Waals surface area contributed by atoms with Crippen LogP contribution in [0.25, 0.3) is 10.9 Å². The van der Waals surface area contributed by atoms with Gasteiger partial charge in [-0.15, -0.1) is 0 Å². The summed E-state index contributed by atoms with van der Waals surface area (Å²) in [6.45, 7) is 15.4. The van der Waals surface area contributed by atoms with Crippen LogP contribution in [0.4, 0.5) is 5.69 Å². The SMILES string of the molecule is [C-]#[N+]/C(C#N)=C1/C=C(C)OC(/C=C/c2ccc(N(CCC)CCC)cc2)=C1. The molecule has 0 saturated heterocycles. The van der Waals surface area contributed by atoms with Crippen LogP contribution >= 0.6 is 0 Å². The molecule has 1 aliphatic rings. The van der Waals surface area contributed by atoms with Crippen molar-refractivity contribution in [3.05, 3.63) is 82.3 Å². The standard InChI is InChI=1S/C23H25N3O/c1-5-13-26(14-6-2)21-10-7-19(8-11-21)9-12-22-16-20(15-18(3)27-22)23(17-24)25-4/h7-12,15-16H,5-6,13-14H2,1-3H3/b12-9+,23-20-. The Morgan fingerprint density at radius 2 is 1.81 bits per heavy atom. The van der Waals surface area contributed by atoms with E-state index in [4.69, 9.17) is 16.6 Å². The van der Waals surface area contributed by atoms with Crippen LogP contribution in [-0.4, -0.2) is 13.1 Å². The zero-order valence-electron chi connectivity index (χ0n) is 16.2. The van der Waals surface area contributed by atoms with Crippen molar-refractivity contribution in [3.8, 4) is 6.07 Å². The lowest BCUT2D eigenvalue weighted by molar-refractivity contribution is 0.318. The highest BCUT2D eigenvalue weighted by molar-refractivity contribution is 5.59. The minimum atomic E-state index is 0.0693. The van der Waals surface area contributed by atoms with Crippen molar-refractivity contribution in [1.29, 1.82) is 5.26 Å². The smallest absolute Gasteiger partial charge is 0.269 e. The fraction of sp³-hybridized carbons (Fsp3) is 0.304. The van der Waals surface area contributed by atoms with Gasteiger partial charge in [-0.1, -0.05) is 32.1 Å². The number of benzene rings is 1. The van der Waals surface area contributed by atoms with E-state index in [1.807, 2.05) is 25.1 Å². The van der Waals surface area contributed by atoms with E-state index in [-0.39, 0.29) is 5.70 Å². The Labute approximate surface area is 162 Å². The fourth-order valence-corrected chi connectivity index (χ4v) is 2.92. The van der Waals surface area contributed by atoms with Crippen LogP contribution in [0.5, 0.6) is 0 Å². The average Bonchev–Trinajstić information content (AvgIpc) is 2.67. The van der Waals surface area contributed by atoms with Gasteiger partial charge in [-0.2, -0.15) is 0 Å². The van der Waals surface area contributed by atoms with Crippen LogP contribution in [0.2, 0.25) is 0 Å². The third-order valence-electron chi connectivity index (χ3n) is 4.11. The summed E-state index contributed by atoms with van der Waals surface area (Å²) in [5.74, 6) is 1.28. The first-order valence-corrected chi connectivity index (χ1v) is 9.24. The minimum Gasteiger partial charge on any atom is -0.462 e. The van der Waals surface area contributed by atoms with E-state index >= 15 is 0 Å². The summed E-state index contributed by atoms with van der Waals surface area (Å²) in [6, 6.07) is 10.4. The molecule has 0 spiro atoms. The molecule has 0 amide bonds. The Hall–Kier alpha value is -3.24. The van der Waals surface area contributed by atoms with Crippen LogP contribution in [0.1, 0.15) is 39.2 Å². The van der Waals surface area contributed by atoms with Crippen molar-refractivity contribution >= 4 is 11.8 Å². The molecule has 0 saturated carbocycles. The number of hydrogen-bond donors (Lipinski definition) is 0. The van der Waals surface area contributed by atoms with Gasteiger partial charge in [0.25, 0.3) is 5.70 Å². The van der Waals surface area contributed by atoms with E-state index in [0.29, 0.717) is 17.1 Å². The van der Waals surface area contributed by atoms with Crippen LogP contribution in [0, 0.1) is 17.9 Å². The molecule has 27 heavy (non-hydrogen) atoms. The van der Waals surface area contributed by atoms with Gasteiger partial charge in [-0.05, 0) is 61.3 Å². The summed E-state index contributed by atoms with van der Waals surface area (Å²) >= 11 is 0. The van der Waals surface area contributed by atoms with Gasteiger partial charge in [-0.25, -0.2) is 10.1 Å². The molecule has 0 atom stereocenters. The van der Waals surface area contributed by atoms with Crippen molar-refractivity contribution < 1.29 is 4.74 Å². The molecule has 4 heteroatoms. The van der Waals surface area contributed by atoms with Gasteiger partial charge in [0.1, 0.15) is 11.5 Å². The molecular formula is C23H25N3O. The average molecular weight is 359 g/mol. The predicted octanol–water partition coefficient (Wildman–Crippen LogP) is 5.84. The maximum atomic E-state index is 9.06. The highest BCUT2D eigenvalue weighted by Gasteiger charge is 2.10. The van der Waals surface area contributed by atoms with Gasteiger partial charge in [0, 0.05) is 18.8 Å². The number of nitriles is 1. The Kier molecular flexibility index (Phi) is 7.47. The van der Waals surface area contributed by atoms with Crippen LogP contribution in [0.15, 0.2) is 65.3 Å². The molecule has 2 rings (SSSR count).